The molecule has 0 spiro atoms. The van der Waals surface area contributed by atoms with Gasteiger partial charge in [0.1, 0.15) is 5.75 Å². The Kier molecular flexibility index (Phi) is 7.53. The molecular formula is C19H23N3O5S. The molecule has 150 valence electrons. The van der Waals surface area contributed by atoms with Crippen LogP contribution in [0, 0.1) is 0 Å². The summed E-state index contributed by atoms with van der Waals surface area (Å²) >= 11 is 0. The molecule has 0 heterocycles. The van der Waals surface area contributed by atoms with E-state index in [2.05, 4.69) is 15.4 Å². The number of amides is 2. The number of sulfonamides is 1. The Bertz CT molecular complexity index is 910. The summed E-state index contributed by atoms with van der Waals surface area (Å²) in [6.45, 7) is 3.96. The summed E-state index contributed by atoms with van der Waals surface area (Å²) < 4.78 is 32.2. The smallest absolute Gasteiger partial charge is 0.251 e. The molecule has 0 aliphatic rings. The van der Waals surface area contributed by atoms with Crippen molar-refractivity contribution < 1.29 is 22.7 Å². The molecule has 0 fully saturated rings. The zero-order valence-electron chi connectivity index (χ0n) is 15.7. The molecule has 2 rings (SSSR count). The maximum atomic E-state index is 12.3. The molecular weight excluding hydrogens is 382 g/mol. The van der Waals surface area contributed by atoms with Crippen LogP contribution in [0.3, 0.4) is 0 Å². The average molecular weight is 405 g/mol. The lowest BCUT2D eigenvalue weighted by Crippen LogP contribution is -2.34. The minimum Gasteiger partial charge on any atom is -0.494 e. The second-order valence-corrected chi connectivity index (χ2v) is 7.58. The number of rotatable bonds is 9. The summed E-state index contributed by atoms with van der Waals surface area (Å²) in [5, 5.41) is 5.22. The van der Waals surface area contributed by atoms with E-state index in [4.69, 9.17) is 4.74 Å². The minimum absolute atomic E-state index is 0.0402. The van der Waals surface area contributed by atoms with Gasteiger partial charge in [-0.05, 0) is 55.5 Å². The Labute approximate surface area is 164 Å². The van der Waals surface area contributed by atoms with Crippen molar-refractivity contribution in [3.63, 3.8) is 0 Å². The summed E-state index contributed by atoms with van der Waals surface area (Å²) in [6, 6.07) is 12.5. The van der Waals surface area contributed by atoms with Gasteiger partial charge in [0.15, 0.2) is 0 Å². The topological polar surface area (TPSA) is 114 Å². The highest BCUT2D eigenvalue weighted by molar-refractivity contribution is 7.89. The fraction of sp³-hybridized carbons (Fsp3) is 0.263. The first-order chi connectivity index (χ1) is 13.3. The average Bonchev–Trinajstić information content (AvgIpc) is 2.66. The van der Waals surface area contributed by atoms with Gasteiger partial charge in [0.25, 0.3) is 5.91 Å². The highest BCUT2D eigenvalue weighted by Gasteiger charge is 2.13. The Morgan fingerprint density at radius 2 is 1.61 bits per heavy atom. The quantitative estimate of drug-likeness (QED) is 0.550. The molecule has 28 heavy (non-hydrogen) atoms. The Hall–Kier alpha value is -2.91. The zero-order valence-corrected chi connectivity index (χ0v) is 16.5. The van der Waals surface area contributed by atoms with Gasteiger partial charge < -0.3 is 15.4 Å². The van der Waals surface area contributed by atoms with Crippen molar-refractivity contribution in [2.75, 3.05) is 25.0 Å². The number of nitrogens with one attached hydrogen (secondary N) is 3. The van der Waals surface area contributed by atoms with Gasteiger partial charge in [-0.2, -0.15) is 0 Å². The van der Waals surface area contributed by atoms with Crippen molar-refractivity contribution in [2.45, 2.75) is 18.7 Å². The van der Waals surface area contributed by atoms with Crippen LogP contribution in [0.2, 0.25) is 0 Å². The molecule has 2 aromatic carbocycles. The third-order valence-electron chi connectivity index (χ3n) is 3.62. The number of hydrogen-bond donors (Lipinski definition) is 3. The normalized spacial score (nSPS) is 10.9. The predicted octanol–water partition coefficient (Wildman–Crippen LogP) is 1.75. The van der Waals surface area contributed by atoms with E-state index < -0.39 is 10.0 Å². The molecule has 0 saturated carbocycles. The van der Waals surface area contributed by atoms with Gasteiger partial charge in [-0.25, -0.2) is 13.1 Å². The highest BCUT2D eigenvalue weighted by Crippen LogP contribution is 2.14. The lowest BCUT2D eigenvalue weighted by atomic mass is 10.2. The van der Waals surface area contributed by atoms with E-state index >= 15 is 0 Å². The number of benzene rings is 2. The van der Waals surface area contributed by atoms with Gasteiger partial charge in [-0.1, -0.05) is 0 Å². The minimum atomic E-state index is -3.71. The number of hydrogen-bond acceptors (Lipinski definition) is 5. The molecule has 8 nitrogen and oxygen atoms in total. The van der Waals surface area contributed by atoms with Crippen molar-refractivity contribution in [3.8, 4) is 5.75 Å². The maximum Gasteiger partial charge on any atom is 0.251 e. The first kappa shape index (κ1) is 21.4. The van der Waals surface area contributed by atoms with Crippen LogP contribution in [0.5, 0.6) is 5.75 Å². The van der Waals surface area contributed by atoms with E-state index in [0.717, 1.165) is 0 Å². The standard InChI is InChI=1S/C19H23N3O5S/c1-3-27-17-8-4-15(5-9-17)19(24)20-12-13-21-28(25,26)18-10-6-16(7-11-18)22-14(2)23/h4-11,21H,3,12-13H2,1-2H3,(H,20,24)(H,22,23). The van der Waals surface area contributed by atoms with Crippen LogP contribution in [-0.2, 0) is 14.8 Å². The van der Waals surface area contributed by atoms with Crippen molar-refractivity contribution in [1.29, 1.82) is 0 Å². The molecule has 0 radical (unpaired) electrons. The third kappa shape index (κ3) is 6.36. The summed E-state index contributed by atoms with van der Waals surface area (Å²) in [7, 11) is -3.71. The summed E-state index contributed by atoms with van der Waals surface area (Å²) in [4.78, 5) is 23.1. The molecule has 0 aromatic heterocycles. The van der Waals surface area contributed by atoms with Crippen LogP contribution < -0.4 is 20.1 Å². The molecule has 3 N–H and O–H groups in total. The van der Waals surface area contributed by atoms with Gasteiger partial charge in [0.2, 0.25) is 15.9 Å². The number of carbonyl (C=O) groups excluding carboxylic acids is 2. The Balaban J connectivity index is 1.83. The fourth-order valence-electron chi connectivity index (χ4n) is 2.34. The van der Waals surface area contributed by atoms with Crippen molar-refractivity contribution in [1.82, 2.24) is 10.0 Å². The van der Waals surface area contributed by atoms with Crippen LogP contribution >= 0.6 is 0 Å². The predicted molar refractivity (Wildman–Crippen MR) is 106 cm³/mol. The van der Waals surface area contributed by atoms with E-state index in [-0.39, 0.29) is 29.8 Å². The first-order valence-corrected chi connectivity index (χ1v) is 10.2. The van der Waals surface area contributed by atoms with Crippen LogP contribution in [0.15, 0.2) is 53.4 Å². The molecule has 0 aliphatic carbocycles. The van der Waals surface area contributed by atoms with E-state index in [0.29, 0.717) is 23.6 Å². The second-order valence-electron chi connectivity index (χ2n) is 5.82. The number of ether oxygens (including phenoxy) is 1. The van der Waals surface area contributed by atoms with Gasteiger partial charge in [0, 0.05) is 31.3 Å². The number of anilines is 1. The van der Waals surface area contributed by atoms with Crippen LogP contribution in [0.4, 0.5) is 5.69 Å². The number of carbonyl (C=O) groups is 2. The monoisotopic (exact) mass is 405 g/mol. The lowest BCUT2D eigenvalue weighted by molar-refractivity contribution is -0.114. The van der Waals surface area contributed by atoms with Gasteiger partial charge in [0.05, 0.1) is 11.5 Å². The first-order valence-electron chi connectivity index (χ1n) is 8.70. The molecule has 0 atom stereocenters. The molecule has 0 aliphatic heterocycles. The van der Waals surface area contributed by atoms with Crippen LogP contribution in [0.1, 0.15) is 24.2 Å². The third-order valence-corrected chi connectivity index (χ3v) is 5.09. The molecule has 0 saturated heterocycles. The Morgan fingerprint density at radius 3 is 2.18 bits per heavy atom. The summed E-state index contributed by atoms with van der Waals surface area (Å²) in [5.74, 6) is 0.134. The molecule has 0 unspecified atom stereocenters. The molecule has 9 heteroatoms. The van der Waals surface area contributed by atoms with Gasteiger partial charge in [-0.15, -0.1) is 0 Å². The molecule has 2 amide bonds. The molecule has 2 aromatic rings. The van der Waals surface area contributed by atoms with Gasteiger partial charge in [-0.3, -0.25) is 9.59 Å². The maximum absolute atomic E-state index is 12.3. The SMILES string of the molecule is CCOc1ccc(C(=O)NCCNS(=O)(=O)c2ccc(NC(C)=O)cc2)cc1. The van der Waals surface area contributed by atoms with Crippen LogP contribution in [0.25, 0.3) is 0 Å². The highest BCUT2D eigenvalue weighted by atomic mass is 32.2. The molecule has 0 bridgehead atoms. The Morgan fingerprint density at radius 1 is 0.964 bits per heavy atom. The van der Waals surface area contributed by atoms with Crippen molar-refractivity contribution in [3.05, 3.63) is 54.1 Å². The zero-order chi connectivity index (χ0) is 20.6. The second kappa shape index (κ2) is 9.86. The van der Waals surface area contributed by atoms with Gasteiger partial charge >= 0.3 is 0 Å². The largest absolute Gasteiger partial charge is 0.494 e. The van der Waals surface area contributed by atoms with Crippen molar-refractivity contribution >= 4 is 27.5 Å². The summed E-state index contributed by atoms with van der Waals surface area (Å²) in [6.07, 6.45) is 0. The van der Waals surface area contributed by atoms with E-state index in [9.17, 15) is 18.0 Å². The van der Waals surface area contributed by atoms with E-state index in [1.807, 2.05) is 6.92 Å². The van der Waals surface area contributed by atoms with E-state index in [1.165, 1.54) is 31.2 Å². The van der Waals surface area contributed by atoms with E-state index in [1.54, 1.807) is 24.3 Å². The summed E-state index contributed by atoms with van der Waals surface area (Å²) in [5.41, 5.74) is 0.967. The van der Waals surface area contributed by atoms with Crippen molar-refractivity contribution in [2.24, 2.45) is 0 Å². The fourth-order valence-corrected chi connectivity index (χ4v) is 3.37. The van der Waals surface area contributed by atoms with Crippen LogP contribution in [-0.4, -0.2) is 39.9 Å². The lowest BCUT2D eigenvalue weighted by Gasteiger charge is -2.09.